The predicted molar refractivity (Wildman–Crippen MR) is 74.1 cm³/mol. The molecule has 0 saturated heterocycles. The first-order chi connectivity index (χ1) is 8.23. The zero-order valence-electron chi connectivity index (χ0n) is 11.2. The summed E-state index contributed by atoms with van der Waals surface area (Å²) in [5, 5.41) is 18.5. The summed E-state index contributed by atoms with van der Waals surface area (Å²) in [4.78, 5) is 11.5. The fraction of sp³-hybridized carbons (Fsp3) is 0.417. The molecule has 0 spiro atoms. The Hall–Kier alpha value is -1.26. The van der Waals surface area contributed by atoms with E-state index in [-0.39, 0.29) is 5.31 Å². The van der Waals surface area contributed by atoms with Gasteiger partial charge in [-0.1, -0.05) is 43.7 Å². The first-order valence-corrected chi connectivity index (χ1v) is 5.81. The minimum absolute atomic E-state index is 0.0480. The summed E-state index contributed by atoms with van der Waals surface area (Å²) in [5.41, 5.74) is 1.52. The molecule has 0 bridgehead atoms. The number of carbonyl (C=O) groups excluding carboxylic acids is 1. The maximum atomic E-state index is 11.5. The molecule has 0 aliphatic rings. The van der Waals surface area contributed by atoms with E-state index in [1.165, 1.54) is 13.2 Å². The van der Waals surface area contributed by atoms with Gasteiger partial charge in [-0.05, 0) is 11.5 Å². The highest BCUT2D eigenvalue weighted by atomic mass is 16.5. The van der Waals surface area contributed by atoms with Crippen LogP contribution in [0.2, 0.25) is 5.31 Å². The monoisotopic (exact) mass is 248 g/mol. The second-order valence-electron chi connectivity index (χ2n) is 5.57. The van der Waals surface area contributed by atoms with Crippen molar-refractivity contribution in [2.45, 2.75) is 26.1 Å². The Kier molecular flexibility index (Phi) is 4.59. The van der Waals surface area contributed by atoms with Crippen molar-refractivity contribution >= 4 is 31.3 Å². The molecule has 18 heavy (non-hydrogen) atoms. The van der Waals surface area contributed by atoms with Crippen LogP contribution in [0.1, 0.15) is 31.1 Å². The van der Waals surface area contributed by atoms with Crippen molar-refractivity contribution in [2.75, 3.05) is 7.11 Å². The minimum Gasteiger partial charge on any atom is -0.465 e. The van der Waals surface area contributed by atoms with E-state index in [1.54, 1.807) is 12.1 Å². The van der Waals surface area contributed by atoms with E-state index in [0.717, 1.165) is 12.7 Å². The Balaban J connectivity index is 3.18. The van der Waals surface area contributed by atoms with Crippen LogP contribution in [0.4, 0.5) is 0 Å². The van der Waals surface area contributed by atoms with Gasteiger partial charge in [0.25, 0.3) is 0 Å². The second kappa shape index (κ2) is 5.59. The Morgan fingerprint density at radius 1 is 1.28 bits per heavy atom. The highest BCUT2D eigenvalue weighted by Gasteiger charge is 2.20. The molecule has 1 aromatic rings. The first kappa shape index (κ1) is 14.8. The van der Waals surface area contributed by atoms with E-state index < -0.39 is 13.1 Å². The number of ether oxygens (including phenoxy) is 1. The molecular weight excluding hydrogens is 230 g/mol. The summed E-state index contributed by atoms with van der Waals surface area (Å²) < 4.78 is 4.65. The van der Waals surface area contributed by atoms with Crippen LogP contribution < -0.4 is 10.9 Å². The van der Waals surface area contributed by atoms with Crippen LogP contribution >= 0.6 is 0 Å². The van der Waals surface area contributed by atoms with E-state index >= 15 is 0 Å². The fourth-order valence-electron chi connectivity index (χ4n) is 1.82. The van der Waals surface area contributed by atoms with Gasteiger partial charge in [0, 0.05) is 0 Å². The van der Waals surface area contributed by atoms with E-state index in [4.69, 9.17) is 0 Å². The predicted octanol–water partition coefficient (Wildman–Crippen LogP) is -0.567. The zero-order chi connectivity index (χ0) is 13.9. The van der Waals surface area contributed by atoms with E-state index in [9.17, 15) is 14.8 Å². The molecule has 0 fully saturated rings. The summed E-state index contributed by atoms with van der Waals surface area (Å²) in [5.74, 6) is -0.479. The molecule has 0 saturated carbocycles. The summed E-state index contributed by atoms with van der Waals surface area (Å²) in [6.07, 6.45) is 0. The van der Waals surface area contributed by atoms with Gasteiger partial charge in [0.15, 0.2) is 7.28 Å². The average molecular weight is 248 g/mol. The number of hydrogen-bond donors (Lipinski definition) is 2. The lowest BCUT2D eigenvalue weighted by Gasteiger charge is -2.17. The molecule has 96 valence electrons. The number of benzene rings is 1. The average Bonchev–Trinajstić information content (AvgIpc) is 2.25. The Morgan fingerprint density at radius 2 is 1.89 bits per heavy atom. The molecule has 1 rings (SSSR count). The SMILES string of the molecule is COC(=O)c1cc(BC(C)(C)C)cc(B(O)O)c1. The number of hydrogen-bond acceptors (Lipinski definition) is 4. The Bertz CT molecular complexity index is 438. The van der Waals surface area contributed by atoms with E-state index in [0.29, 0.717) is 11.0 Å². The largest absolute Gasteiger partial charge is 0.488 e. The van der Waals surface area contributed by atoms with Crippen molar-refractivity contribution in [1.29, 1.82) is 0 Å². The lowest BCUT2D eigenvalue weighted by atomic mass is 9.50. The fourth-order valence-corrected chi connectivity index (χ4v) is 1.82. The Labute approximate surface area is 108 Å². The first-order valence-electron chi connectivity index (χ1n) is 5.81. The molecule has 0 aliphatic heterocycles. The van der Waals surface area contributed by atoms with Gasteiger partial charge in [0.1, 0.15) is 0 Å². The summed E-state index contributed by atoms with van der Waals surface area (Å²) in [6, 6.07) is 4.86. The molecule has 0 atom stereocenters. The normalized spacial score (nSPS) is 11.0. The number of esters is 1. The van der Waals surface area contributed by atoms with Crippen LogP contribution in [-0.2, 0) is 4.74 Å². The summed E-state index contributed by atoms with van der Waals surface area (Å²) in [6.45, 7) is 6.23. The second-order valence-corrected chi connectivity index (χ2v) is 5.57. The molecular formula is C12H18B2O4. The van der Waals surface area contributed by atoms with Gasteiger partial charge in [0.05, 0.1) is 12.7 Å². The third kappa shape index (κ3) is 4.20. The zero-order valence-corrected chi connectivity index (χ0v) is 11.2. The molecule has 0 heterocycles. The van der Waals surface area contributed by atoms with E-state index in [1.807, 2.05) is 0 Å². The van der Waals surface area contributed by atoms with Crippen LogP contribution in [0.15, 0.2) is 18.2 Å². The lowest BCUT2D eigenvalue weighted by Crippen LogP contribution is -2.36. The quantitative estimate of drug-likeness (QED) is 0.555. The molecule has 1 aromatic carbocycles. The summed E-state index contributed by atoms with van der Waals surface area (Å²) >= 11 is 0. The van der Waals surface area contributed by atoms with Gasteiger partial charge in [-0.3, -0.25) is 0 Å². The highest BCUT2D eigenvalue weighted by molar-refractivity contribution is 6.61. The molecule has 0 aromatic heterocycles. The number of carbonyl (C=O) groups is 1. The van der Waals surface area contributed by atoms with Crippen molar-refractivity contribution in [1.82, 2.24) is 0 Å². The van der Waals surface area contributed by atoms with Crippen molar-refractivity contribution in [3.63, 3.8) is 0 Å². The maximum Gasteiger partial charge on any atom is 0.488 e. The Morgan fingerprint density at radius 3 is 2.33 bits per heavy atom. The van der Waals surface area contributed by atoms with E-state index in [2.05, 4.69) is 25.5 Å². The van der Waals surface area contributed by atoms with Crippen molar-refractivity contribution in [3.8, 4) is 0 Å². The van der Waals surface area contributed by atoms with Crippen LogP contribution in [0, 0.1) is 0 Å². The molecule has 0 unspecified atom stereocenters. The molecule has 0 amide bonds. The van der Waals surface area contributed by atoms with Gasteiger partial charge in [-0.2, -0.15) is 0 Å². The lowest BCUT2D eigenvalue weighted by molar-refractivity contribution is 0.0601. The van der Waals surface area contributed by atoms with Crippen LogP contribution in [0.25, 0.3) is 0 Å². The standard InChI is InChI=1S/C12H18B2O4/c1-12(2,3)13-9-5-8(11(15)18-4)6-10(7-9)14(16)17/h5-7,13,16-17H,1-4H3. The van der Waals surface area contributed by atoms with Crippen LogP contribution in [-0.4, -0.2) is 37.5 Å². The number of methoxy groups -OCH3 is 1. The minimum atomic E-state index is -1.59. The topological polar surface area (TPSA) is 66.8 Å². The molecule has 0 radical (unpaired) electrons. The molecule has 0 aliphatic carbocycles. The van der Waals surface area contributed by atoms with Crippen LogP contribution in [0.5, 0.6) is 0 Å². The van der Waals surface area contributed by atoms with Crippen molar-refractivity contribution in [2.24, 2.45) is 0 Å². The third-order valence-electron chi connectivity index (χ3n) is 2.47. The van der Waals surface area contributed by atoms with Gasteiger partial charge < -0.3 is 14.8 Å². The smallest absolute Gasteiger partial charge is 0.465 e. The van der Waals surface area contributed by atoms with Gasteiger partial charge in [-0.25, -0.2) is 4.79 Å². The molecule has 4 nitrogen and oxygen atoms in total. The highest BCUT2D eigenvalue weighted by Crippen LogP contribution is 2.19. The third-order valence-corrected chi connectivity index (χ3v) is 2.47. The molecule has 6 heteroatoms. The number of rotatable bonds is 3. The van der Waals surface area contributed by atoms with Gasteiger partial charge >= 0.3 is 13.1 Å². The van der Waals surface area contributed by atoms with Crippen molar-refractivity contribution < 1.29 is 19.6 Å². The summed E-state index contributed by atoms with van der Waals surface area (Å²) in [7, 11) is 0.444. The van der Waals surface area contributed by atoms with Gasteiger partial charge in [0.2, 0.25) is 0 Å². The molecule has 2 N–H and O–H groups in total. The maximum absolute atomic E-state index is 11.5. The van der Waals surface area contributed by atoms with Crippen LogP contribution in [0.3, 0.4) is 0 Å². The van der Waals surface area contributed by atoms with Crippen molar-refractivity contribution in [3.05, 3.63) is 23.8 Å². The van der Waals surface area contributed by atoms with Gasteiger partial charge in [-0.15, -0.1) is 0 Å².